The van der Waals surface area contributed by atoms with Crippen molar-refractivity contribution in [2.75, 3.05) is 11.4 Å². The summed E-state index contributed by atoms with van der Waals surface area (Å²) in [5, 5.41) is 27.8. The lowest BCUT2D eigenvalue weighted by molar-refractivity contribution is 0.164. The van der Waals surface area contributed by atoms with E-state index in [9.17, 15) is 10.2 Å². The van der Waals surface area contributed by atoms with Gasteiger partial charge in [0.2, 0.25) is 0 Å². The number of phenolic OH excluding ortho intramolecular Hbond substituents is 1. The topological polar surface area (TPSA) is 69.5 Å². The van der Waals surface area contributed by atoms with Crippen LogP contribution in [0, 0.1) is 0 Å². The Morgan fingerprint density at radius 2 is 2.00 bits per heavy atom. The number of para-hydroxylation sites is 2. The van der Waals surface area contributed by atoms with E-state index in [4.69, 9.17) is 0 Å². The average molecular weight is 257 g/mol. The van der Waals surface area contributed by atoms with Crippen molar-refractivity contribution in [3.8, 4) is 5.75 Å². The molecule has 0 bridgehead atoms. The molecule has 98 valence electrons. The zero-order valence-electron chi connectivity index (χ0n) is 10.3. The molecule has 1 aliphatic rings. The summed E-state index contributed by atoms with van der Waals surface area (Å²) in [6.07, 6.45) is 3.47. The molecule has 1 aromatic heterocycles. The molecule has 5 nitrogen and oxygen atoms in total. The number of aliphatic hydroxyl groups excluding tert-OH is 1. The highest BCUT2D eigenvalue weighted by molar-refractivity contribution is 5.60. The Kier molecular flexibility index (Phi) is 3.05. The number of aliphatic hydroxyl groups is 1. The molecular weight excluding hydrogens is 242 g/mol. The lowest BCUT2D eigenvalue weighted by Crippen LogP contribution is -2.27. The number of aromatic hydroxyl groups is 1. The van der Waals surface area contributed by atoms with Gasteiger partial charge in [-0.05, 0) is 30.2 Å². The zero-order valence-corrected chi connectivity index (χ0v) is 10.3. The second kappa shape index (κ2) is 4.85. The Morgan fingerprint density at radius 1 is 1.16 bits per heavy atom. The fraction of sp³-hybridized carbons (Fsp3) is 0.286. The summed E-state index contributed by atoms with van der Waals surface area (Å²) in [4.78, 5) is 2.01. The van der Waals surface area contributed by atoms with Crippen molar-refractivity contribution in [3.63, 3.8) is 0 Å². The first-order valence-electron chi connectivity index (χ1n) is 6.26. The number of anilines is 1. The smallest absolute Gasteiger partial charge is 0.138 e. The van der Waals surface area contributed by atoms with Crippen molar-refractivity contribution in [3.05, 3.63) is 48.3 Å². The van der Waals surface area contributed by atoms with Crippen molar-refractivity contribution in [2.45, 2.75) is 18.6 Å². The molecule has 0 aliphatic carbocycles. The molecule has 2 atom stereocenters. The fourth-order valence-electron chi connectivity index (χ4n) is 2.63. The van der Waals surface area contributed by atoms with Crippen molar-refractivity contribution < 1.29 is 10.2 Å². The van der Waals surface area contributed by atoms with Crippen molar-refractivity contribution in [1.29, 1.82) is 0 Å². The van der Waals surface area contributed by atoms with Crippen molar-refractivity contribution in [2.24, 2.45) is 0 Å². The number of phenols is 1. The highest BCUT2D eigenvalue weighted by Crippen LogP contribution is 2.39. The van der Waals surface area contributed by atoms with E-state index in [1.54, 1.807) is 24.5 Å². The molecule has 1 aromatic carbocycles. The van der Waals surface area contributed by atoms with Crippen LogP contribution in [0.3, 0.4) is 0 Å². The van der Waals surface area contributed by atoms with Gasteiger partial charge >= 0.3 is 0 Å². The molecule has 19 heavy (non-hydrogen) atoms. The molecule has 1 fully saturated rings. The molecule has 5 heteroatoms. The van der Waals surface area contributed by atoms with Gasteiger partial charge in [-0.1, -0.05) is 12.1 Å². The van der Waals surface area contributed by atoms with Crippen LogP contribution in [0.4, 0.5) is 5.69 Å². The van der Waals surface area contributed by atoms with Gasteiger partial charge in [-0.25, -0.2) is 0 Å². The molecule has 2 N–H and O–H groups in total. The van der Waals surface area contributed by atoms with Gasteiger partial charge in [0.15, 0.2) is 0 Å². The normalized spacial score (nSPS) is 22.7. The van der Waals surface area contributed by atoms with Crippen LogP contribution in [0.5, 0.6) is 5.75 Å². The van der Waals surface area contributed by atoms with E-state index >= 15 is 0 Å². The second-order valence-corrected chi connectivity index (χ2v) is 4.66. The Labute approximate surface area is 111 Å². The van der Waals surface area contributed by atoms with E-state index in [1.807, 2.05) is 23.1 Å². The summed E-state index contributed by atoms with van der Waals surface area (Å²) in [5.74, 6) is 0.226. The summed E-state index contributed by atoms with van der Waals surface area (Å²) in [5.41, 5.74) is 1.64. The second-order valence-electron chi connectivity index (χ2n) is 4.66. The van der Waals surface area contributed by atoms with Crippen molar-refractivity contribution >= 4 is 5.69 Å². The standard InChI is InChI=1S/C14H15N3O2/c18-12-4-2-1-3-11(12)17-8-6-13(19)14(17)10-5-7-15-16-9-10/h1-5,7,9,13-14,18-19H,6,8H2. The minimum Gasteiger partial charge on any atom is -0.506 e. The van der Waals surface area contributed by atoms with E-state index < -0.39 is 6.10 Å². The molecule has 0 amide bonds. The van der Waals surface area contributed by atoms with Crippen LogP contribution in [0.1, 0.15) is 18.0 Å². The summed E-state index contributed by atoms with van der Waals surface area (Å²) in [7, 11) is 0. The Hall–Kier alpha value is -2.14. The van der Waals surface area contributed by atoms with Crippen LogP contribution in [-0.2, 0) is 0 Å². The van der Waals surface area contributed by atoms with Gasteiger partial charge in [0, 0.05) is 12.7 Å². The minimum atomic E-state index is -0.469. The number of benzene rings is 1. The summed E-state index contributed by atoms with van der Waals surface area (Å²) < 4.78 is 0. The number of hydrogen-bond donors (Lipinski definition) is 2. The minimum absolute atomic E-state index is 0.191. The fourth-order valence-corrected chi connectivity index (χ4v) is 2.63. The third-order valence-corrected chi connectivity index (χ3v) is 3.51. The number of hydrogen-bond acceptors (Lipinski definition) is 5. The molecule has 2 heterocycles. The number of nitrogens with zero attached hydrogens (tertiary/aromatic N) is 3. The molecule has 2 aromatic rings. The van der Waals surface area contributed by atoms with E-state index in [0.29, 0.717) is 13.0 Å². The monoisotopic (exact) mass is 257 g/mol. The first kappa shape index (κ1) is 11.9. The Morgan fingerprint density at radius 3 is 2.74 bits per heavy atom. The van der Waals surface area contributed by atoms with E-state index in [1.165, 1.54) is 0 Å². The molecule has 0 radical (unpaired) electrons. The van der Waals surface area contributed by atoms with Crippen LogP contribution < -0.4 is 4.90 Å². The summed E-state index contributed by atoms with van der Waals surface area (Å²) in [6, 6.07) is 8.83. The molecule has 1 saturated heterocycles. The predicted octanol–water partition coefficient (Wildman–Crippen LogP) is 1.49. The molecule has 1 aliphatic heterocycles. The third kappa shape index (κ3) is 2.13. The number of aromatic nitrogens is 2. The van der Waals surface area contributed by atoms with Gasteiger partial charge in [0.25, 0.3) is 0 Å². The van der Waals surface area contributed by atoms with Crippen LogP contribution in [0.25, 0.3) is 0 Å². The summed E-state index contributed by atoms with van der Waals surface area (Å²) in [6.45, 7) is 0.700. The SMILES string of the molecule is Oc1ccccc1N1CCC(O)C1c1ccnnc1. The first-order valence-corrected chi connectivity index (χ1v) is 6.26. The zero-order chi connectivity index (χ0) is 13.2. The molecule has 0 spiro atoms. The maximum absolute atomic E-state index is 10.2. The van der Waals surface area contributed by atoms with Gasteiger partial charge in [0.1, 0.15) is 5.75 Å². The van der Waals surface area contributed by atoms with E-state index in [0.717, 1.165) is 11.3 Å². The maximum atomic E-state index is 10.2. The van der Waals surface area contributed by atoms with Crippen LogP contribution in [0.15, 0.2) is 42.7 Å². The van der Waals surface area contributed by atoms with Gasteiger partial charge in [-0.3, -0.25) is 0 Å². The van der Waals surface area contributed by atoms with Gasteiger partial charge < -0.3 is 15.1 Å². The molecule has 0 saturated carbocycles. The average Bonchev–Trinajstić information content (AvgIpc) is 2.82. The van der Waals surface area contributed by atoms with Crippen LogP contribution in [-0.4, -0.2) is 33.1 Å². The van der Waals surface area contributed by atoms with E-state index in [2.05, 4.69) is 10.2 Å². The molecule has 3 rings (SSSR count). The largest absolute Gasteiger partial charge is 0.506 e. The lowest BCUT2D eigenvalue weighted by Gasteiger charge is -2.28. The quantitative estimate of drug-likeness (QED) is 0.853. The molecule has 2 unspecified atom stereocenters. The van der Waals surface area contributed by atoms with E-state index in [-0.39, 0.29) is 11.8 Å². The van der Waals surface area contributed by atoms with Gasteiger partial charge in [-0.2, -0.15) is 10.2 Å². The first-order chi connectivity index (χ1) is 9.27. The Bertz CT molecular complexity index is 562. The van der Waals surface area contributed by atoms with Crippen LogP contribution in [0.2, 0.25) is 0 Å². The highest BCUT2D eigenvalue weighted by atomic mass is 16.3. The van der Waals surface area contributed by atoms with Gasteiger partial charge in [0.05, 0.1) is 24.0 Å². The van der Waals surface area contributed by atoms with Crippen molar-refractivity contribution in [1.82, 2.24) is 10.2 Å². The molecular formula is C14H15N3O2. The maximum Gasteiger partial charge on any atom is 0.138 e. The summed E-state index contributed by atoms with van der Waals surface area (Å²) >= 11 is 0. The third-order valence-electron chi connectivity index (χ3n) is 3.51. The lowest BCUT2D eigenvalue weighted by atomic mass is 10.0. The Balaban J connectivity index is 2.00. The van der Waals surface area contributed by atoms with Gasteiger partial charge in [-0.15, -0.1) is 0 Å². The number of rotatable bonds is 2. The predicted molar refractivity (Wildman–Crippen MR) is 70.8 cm³/mol. The van der Waals surface area contributed by atoms with Crippen LogP contribution >= 0.6 is 0 Å². The highest BCUT2D eigenvalue weighted by Gasteiger charge is 2.35.